The highest BCUT2D eigenvalue weighted by molar-refractivity contribution is 6.00. The van der Waals surface area contributed by atoms with Gasteiger partial charge < -0.3 is 10.6 Å². The minimum absolute atomic E-state index is 0.116. The van der Waals surface area contributed by atoms with E-state index in [9.17, 15) is 13.2 Å². The van der Waals surface area contributed by atoms with Crippen molar-refractivity contribution in [2.24, 2.45) is 5.73 Å². The fraction of sp³-hybridized carbons (Fsp3) is 0.500. The van der Waals surface area contributed by atoms with Gasteiger partial charge in [0.1, 0.15) is 5.84 Å². The Morgan fingerprint density at radius 3 is 2.45 bits per heavy atom. The van der Waals surface area contributed by atoms with Gasteiger partial charge in [-0.05, 0) is 31.5 Å². The Labute approximate surface area is 117 Å². The van der Waals surface area contributed by atoms with E-state index in [4.69, 9.17) is 11.1 Å². The van der Waals surface area contributed by atoms with Gasteiger partial charge in [0.15, 0.2) is 0 Å². The fourth-order valence-electron chi connectivity index (χ4n) is 2.08. The van der Waals surface area contributed by atoms with E-state index >= 15 is 0 Å². The number of halogens is 3. The van der Waals surface area contributed by atoms with Crippen LogP contribution in [0, 0.1) is 5.41 Å². The van der Waals surface area contributed by atoms with E-state index in [2.05, 4.69) is 0 Å². The average molecular weight is 287 g/mol. The van der Waals surface area contributed by atoms with Crippen LogP contribution in [0.3, 0.4) is 0 Å². The van der Waals surface area contributed by atoms with Gasteiger partial charge in [-0.25, -0.2) is 0 Å². The predicted molar refractivity (Wildman–Crippen MR) is 75.2 cm³/mol. The molecule has 0 amide bonds. The van der Waals surface area contributed by atoms with Crippen LogP contribution in [0.5, 0.6) is 0 Å². The summed E-state index contributed by atoms with van der Waals surface area (Å²) in [6.07, 6.45) is -2.55. The van der Waals surface area contributed by atoms with Crippen molar-refractivity contribution in [1.29, 1.82) is 5.41 Å². The minimum atomic E-state index is -4.43. The van der Waals surface area contributed by atoms with Gasteiger partial charge in [0.05, 0.1) is 5.56 Å². The van der Waals surface area contributed by atoms with Gasteiger partial charge in [-0.15, -0.1) is 0 Å². The maximum absolute atomic E-state index is 12.7. The topological polar surface area (TPSA) is 53.1 Å². The largest absolute Gasteiger partial charge is 0.416 e. The van der Waals surface area contributed by atoms with Crippen LogP contribution in [0.2, 0.25) is 0 Å². The highest BCUT2D eigenvalue weighted by Gasteiger charge is 2.31. The lowest BCUT2D eigenvalue weighted by Gasteiger charge is -2.29. The molecular weight excluding hydrogens is 267 g/mol. The molecule has 0 bridgehead atoms. The van der Waals surface area contributed by atoms with Crippen LogP contribution >= 0.6 is 0 Å². The first-order chi connectivity index (χ1) is 9.18. The summed E-state index contributed by atoms with van der Waals surface area (Å²) >= 11 is 0. The molecule has 112 valence electrons. The lowest BCUT2D eigenvalue weighted by Crippen LogP contribution is -2.31. The van der Waals surface area contributed by atoms with Crippen molar-refractivity contribution in [1.82, 2.24) is 0 Å². The Morgan fingerprint density at radius 1 is 1.40 bits per heavy atom. The quantitative estimate of drug-likeness (QED) is 0.642. The molecule has 1 aromatic rings. The van der Waals surface area contributed by atoms with E-state index in [0.717, 1.165) is 25.0 Å². The van der Waals surface area contributed by atoms with Crippen LogP contribution in [-0.2, 0) is 6.18 Å². The lowest BCUT2D eigenvalue weighted by molar-refractivity contribution is -0.137. The van der Waals surface area contributed by atoms with Gasteiger partial charge in [0, 0.05) is 24.3 Å². The zero-order chi connectivity index (χ0) is 15.5. The second-order valence-electron chi connectivity index (χ2n) is 4.89. The third kappa shape index (κ3) is 3.65. The van der Waals surface area contributed by atoms with E-state index in [-0.39, 0.29) is 17.4 Å². The van der Waals surface area contributed by atoms with Gasteiger partial charge >= 0.3 is 6.18 Å². The molecule has 6 heteroatoms. The van der Waals surface area contributed by atoms with E-state index in [1.165, 1.54) is 6.07 Å². The van der Waals surface area contributed by atoms with Gasteiger partial charge in [0.25, 0.3) is 0 Å². The first-order valence-corrected chi connectivity index (χ1v) is 6.47. The van der Waals surface area contributed by atoms with Gasteiger partial charge in [-0.2, -0.15) is 13.2 Å². The van der Waals surface area contributed by atoms with E-state index in [1.807, 2.05) is 18.7 Å². The number of hydrogen-bond donors (Lipinski definition) is 2. The number of nitrogens with two attached hydrogens (primary N) is 1. The molecule has 0 aliphatic rings. The molecular formula is C14H20F3N3. The molecule has 3 N–H and O–H groups in total. The molecule has 1 unspecified atom stereocenters. The fourth-order valence-corrected chi connectivity index (χ4v) is 2.08. The van der Waals surface area contributed by atoms with E-state index < -0.39 is 11.7 Å². The Bertz CT molecular complexity index is 483. The molecule has 1 aromatic carbocycles. The van der Waals surface area contributed by atoms with Gasteiger partial charge in [0.2, 0.25) is 0 Å². The van der Waals surface area contributed by atoms with Crippen molar-refractivity contribution in [3.8, 4) is 0 Å². The smallest absolute Gasteiger partial charge is 0.384 e. The maximum atomic E-state index is 12.7. The van der Waals surface area contributed by atoms with Crippen molar-refractivity contribution in [3.05, 3.63) is 29.3 Å². The Kier molecular flexibility index (Phi) is 5.03. The molecule has 1 atom stereocenters. The third-order valence-corrected chi connectivity index (χ3v) is 3.36. The van der Waals surface area contributed by atoms with Crippen LogP contribution in [0.15, 0.2) is 18.2 Å². The van der Waals surface area contributed by atoms with Crippen LogP contribution in [0.25, 0.3) is 0 Å². The second-order valence-corrected chi connectivity index (χ2v) is 4.89. The lowest BCUT2D eigenvalue weighted by atomic mass is 10.0. The first kappa shape index (κ1) is 16.3. The average Bonchev–Trinajstić information content (AvgIpc) is 2.36. The summed E-state index contributed by atoms with van der Waals surface area (Å²) in [6.45, 7) is 4.04. The number of rotatable bonds is 5. The monoisotopic (exact) mass is 287 g/mol. The van der Waals surface area contributed by atoms with E-state index in [0.29, 0.717) is 5.69 Å². The molecule has 0 spiro atoms. The number of alkyl halides is 3. The summed E-state index contributed by atoms with van der Waals surface area (Å²) in [5, 5.41) is 7.50. The number of benzene rings is 1. The van der Waals surface area contributed by atoms with Gasteiger partial charge in [-0.3, -0.25) is 5.41 Å². The second kappa shape index (κ2) is 6.15. The molecule has 20 heavy (non-hydrogen) atoms. The highest BCUT2D eigenvalue weighted by Crippen LogP contribution is 2.33. The van der Waals surface area contributed by atoms with Crippen LogP contribution < -0.4 is 10.6 Å². The molecule has 0 aromatic heterocycles. The molecule has 0 saturated carbocycles. The summed E-state index contributed by atoms with van der Waals surface area (Å²) in [4.78, 5) is 1.86. The summed E-state index contributed by atoms with van der Waals surface area (Å²) in [7, 11) is 1.80. The van der Waals surface area contributed by atoms with Gasteiger partial charge in [-0.1, -0.05) is 13.3 Å². The Morgan fingerprint density at radius 2 is 2.00 bits per heavy atom. The number of anilines is 1. The van der Waals surface area contributed by atoms with Crippen LogP contribution in [0.1, 0.15) is 37.8 Å². The maximum Gasteiger partial charge on any atom is 0.416 e. The summed E-state index contributed by atoms with van der Waals surface area (Å²) < 4.78 is 38.2. The SMILES string of the molecule is CCCC(C)N(C)c1ccc(C(F)(F)F)cc1C(=N)N. The predicted octanol–water partition coefficient (Wildman–Crippen LogP) is 3.61. The molecule has 0 aliphatic heterocycles. The molecule has 0 radical (unpaired) electrons. The van der Waals surface area contributed by atoms with Crippen molar-refractivity contribution in [3.63, 3.8) is 0 Å². The minimum Gasteiger partial charge on any atom is -0.384 e. The number of amidine groups is 1. The number of nitrogens with zero attached hydrogens (tertiary/aromatic N) is 1. The molecule has 0 heterocycles. The molecule has 1 rings (SSSR count). The molecule has 0 fully saturated rings. The summed E-state index contributed by atoms with van der Waals surface area (Å²) in [5.74, 6) is -0.360. The standard InChI is InChI=1S/C14H20F3N3/c1-4-5-9(2)20(3)12-7-6-10(14(15,16)17)8-11(12)13(18)19/h6-9H,4-5H2,1-3H3,(H3,18,19). The molecule has 0 saturated heterocycles. The van der Waals surface area contributed by atoms with Crippen molar-refractivity contribution < 1.29 is 13.2 Å². The van der Waals surface area contributed by atoms with Crippen molar-refractivity contribution >= 4 is 11.5 Å². The highest BCUT2D eigenvalue weighted by atomic mass is 19.4. The number of nitrogen functional groups attached to an aromatic ring is 1. The number of hydrogen-bond acceptors (Lipinski definition) is 2. The Hall–Kier alpha value is -1.72. The van der Waals surface area contributed by atoms with Crippen molar-refractivity contribution in [2.75, 3.05) is 11.9 Å². The zero-order valence-electron chi connectivity index (χ0n) is 11.9. The normalized spacial score (nSPS) is 13.1. The molecule has 3 nitrogen and oxygen atoms in total. The van der Waals surface area contributed by atoms with Crippen molar-refractivity contribution in [2.45, 2.75) is 38.9 Å². The third-order valence-electron chi connectivity index (χ3n) is 3.36. The van der Waals surface area contributed by atoms with Crippen LogP contribution in [-0.4, -0.2) is 18.9 Å². The first-order valence-electron chi connectivity index (χ1n) is 6.47. The summed E-state index contributed by atoms with van der Waals surface area (Å²) in [6, 6.07) is 3.50. The zero-order valence-corrected chi connectivity index (χ0v) is 11.9. The summed E-state index contributed by atoms with van der Waals surface area (Å²) in [5.41, 5.74) is 5.30. The Balaban J connectivity index is 3.24. The van der Waals surface area contributed by atoms with Crippen LogP contribution in [0.4, 0.5) is 18.9 Å². The molecule has 0 aliphatic carbocycles. The van der Waals surface area contributed by atoms with E-state index in [1.54, 1.807) is 7.05 Å². The number of nitrogens with one attached hydrogen (secondary N) is 1.